The number of aryl methyl sites for hydroxylation is 1. The Kier molecular flexibility index (Phi) is 4.59. The van der Waals surface area contributed by atoms with Crippen molar-refractivity contribution < 1.29 is 4.74 Å². The summed E-state index contributed by atoms with van der Waals surface area (Å²) in [6.45, 7) is 4.06. The van der Waals surface area contributed by atoms with Crippen LogP contribution in [0.5, 0.6) is 5.75 Å². The van der Waals surface area contributed by atoms with Crippen LogP contribution in [-0.4, -0.2) is 7.11 Å². The number of methoxy groups -OCH3 is 1. The number of rotatable bonds is 3. The van der Waals surface area contributed by atoms with E-state index in [2.05, 4.69) is 0 Å². The molecule has 0 aliphatic heterocycles. The third-order valence-electron chi connectivity index (χ3n) is 3.56. The summed E-state index contributed by atoms with van der Waals surface area (Å²) in [7, 11) is 1.65. The number of ether oxygens (including phenoxy) is 1. The van der Waals surface area contributed by atoms with Crippen LogP contribution in [-0.2, 0) is 0 Å². The minimum Gasteiger partial charge on any atom is -0.496 e. The maximum Gasteiger partial charge on any atom is 0.127 e. The van der Waals surface area contributed by atoms with Gasteiger partial charge < -0.3 is 10.5 Å². The highest BCUT2D eigenvalue weighted by atomic mass is 35.5. The fourth-order valence-electron chi connectivity index (χ4n) is 2.26. The van der Waals surface area contributed by atoms with Gasteiger partial charge in [0.05, 0.1) is 23.2 Å². The van der Waals surface area contributed by atoms with Gasteiger partial charge in [-0.3, -0.25) is 0 Å². The molecule has 0 saturated heterocycles. The third-order valence-corrected chi connectivity index (χ3v) is 4.40. The van der Waals surface area contributed by atoms with Gasteiger partial charge in [0.25, 0.3) is 0 Å². The molecule has 2 aromatic carbocycles. The smallest absolute Gasteiger partial charge is 0.127 e. The van der Waals surface area contributed by atoms with Gasteiger partial charge in [0.1, 0.15) is 5.75 Å². The third kappa shape index (κ3) is 2.64. The van der Waals surface area contributed by atoms with Crippen molar-refractivity contribution in [3.05, 3.63) is 62.6 Å². The lowest BCUT2D eigenvalue weighted by Gasteiger charge is -2.20. The van der Waals surface area contributed by atoms with Gasteiger partial charge in [0, 0.05) is 5.56 Å². The normalized spacial score (nSPS) is 12.3. The second-order valence-electron chi connectivity index (χ2n) is 4.75. The second kappa shape index (κ2) is 6.04. The van der Waals surface area contributed by atoms with Crippen LogP contribution in [0.25, 0.3) is 0 Å². The van der Waals surface area contributed by atoms with Gasteiger partial charge in [-0.2, -0.15) is 0 Å². The molecular formula is C16H17Cl2NO. The van der Waals surface area contributed by atoms with Gasteiger partial charge >= 0.3 is 0 Å². The zero-order valence-corrected chi connectivity index (χ0v) is 13.2. The summed E-state index contributed by atoms with van der Waals surface area (Å²) in [6.07, 6.45) is 0. The van der Waals surface area contributed by atoms with Gasteiger partial charge in [-0.25, -0.2) is 0 Å². The molecule has 0 spiro atoms. The molecule has 0 saturated carbocycles. The van der Waals surface area contributed by atoms with E-state index in [1.165, 1.54) is 0 Å². The molecule has 2 aromatic rings. The van der Waals surface area contributed by atoms with Crippen molar-refractivity contribution in [2.75, 3.05) is 7.11 Å². The highest BCUT2D eigenvalue weighted by Crippen LogP contribution is 2.37. The monoisotopic (exact) mass is 309 g/mol. The molecule has 106 valence electrons. The number of benzene rings is 2. The van der Waals surface area contributed by atoms with Crippen LogP contribution < -0.4 is 10.5 Å². The van der Waals surface area contributed by atoms with Crippen LogP contribution in [0.1, 0.15) is 28.3 Å². The molecule has 0 radical (unpaired) electrons. The number of hydrogen-bond donors (Lipinski definition) is 1. The van der Waals surface area contributed by atoms with Crippen molar-refractivity contribution in [1.29, 1.82) is 0 Å². The summed E-state index contributed by atoms with van der Waals surface area (Å²) in [6, 6.07) is 9.10. The van der Waals surface area contributed by atoms with Crippen molar-refractivity contribution in [3.63, 3.8) is 0 Å². The molecule has 0 bridgehead atoms. The molecule has 4 heteroatoms. The van der Waals surface area contributed by atoms with E-state index in [1.807, 2.05) is 38.1 Å². The van der Waals surface area contributed by atoms with Crippen molar-refractivity contribution in [2.45, 2.75) is 19.9 Å². The maximum absolute atomic E-state index is 6.36. The van der Waals surface area contributed by atoms with E-state index < -0.39 is 0 Å². The first-order chi connectivity index (χ1) is 9.47. The number of nitrogens with two attached hydrogens (primary N) is 1. The van der Waals surface area contributed by atoms with Crippen molar-refractivity contribution in [1.82, 2.24) is 0 Å². The van der Waals surface area contributed by atoms with E-state index in [0.717, 1.165) is 28.0 Å². The summed E-state index contributed by atoms with van der Waals surface area (Å²) in [5.74, 6) is 0.800. The van der Waals surface area contributed by atoms with Gasteiger partial charge in [-0.05, 0) is 36.6 Å². The van der Waals surface area contributed by atoms with E-state index in [9.17, 15) is 0 Å². The minimum atomic E-state index is -0.379. The summed E-state index contributed by atoms with van der Waals surface area (Å²) >= 11 is 12.3. The van der Waals surface area contributed by atoms with E-state index in [0.29, 0.717) is 10.0 Å². The Morgan fingerprint density at radius 2 is 1.75 bits per heavy atom. The molecule has 0 fully saturated rings. The summed E-state index contributed by atoms with van der Waals surface area (Å²) in [5, 5.41) is 0.990. The minimum absolute atomic E-state index is 0.379. The first-order valence-electron chi connectivity index (χ1n) is 6.31. The highest BCUT2D eigenvalue weighted by molar-refractivity contribution is 6.42. The van der Waals surface area contributed by atoms with Crippen LogP contribution >= 0.6 is 23.2 Å². The summed E-state index contributed by atoms with van der Waals surface area (Å²) in [5.41, 5.74) is 10.3. The maximum atomic E-state index is 6.36. The van der Waals surface area contributed by atoms with E-state index in [-0.39, 0.29) is 6.04 Å². The van der Waals surface area contributed by atoms with Gasteiger partial charge in [-0.15, -0.1) is 0 Å². The van der Waals surface area contributed by atoms with Crippen molar-refractivity contribution in [2.24, 2.45) is 5.73 Å². The van der Waals surface area contributed by atoms with Crippen LogP contribution in [0.3, 0.4) is 0 Å². The Hall–Kier alpha value is -1.22. The molecule has 2 rings (SSSR count). The number of hydrogen-bond acceptors (Lipinski definition) is 2. The highest BCUT2D eigenvalue weighted by Gasteiger charge is 2.19. The van der Waals surface area contributed by atoms with Crippen molar-refractivity contribution in [3.8, 4) is 5.75 Å². The molecule has 20 heavy (non-hydrogen) atoms. The van der Waals surface area contributed by atoms with Crippen LogP contribution in [0, 0.1) is 13.8 Å². The quantitative estimate of drug-likeness (QED) is 0.894. The molecule has 0 aliphatic carbocycles. The Morgan fingerprint density at radius 1 is 1.05 bits per heavy atom. The first-order valence-corrected chi connectivity index (χ1v) is 7.06. The SMILES string of the molecule is COc1c(C(N)c2cccc(Cl)c2Cl)ccc(C)c1C. The average Bonchev–Trinajstić information content (AvgIpc) is 2.44. The topological polar surface area (TPSA) is 35.2 Å². The zero-order chi connectivity index (χ0) is 14.9. The molecule has 1 unspecified atom stereocenters. The standard InChI is InChI=1S/C16H17Cl2NO/c1-9-7-8-12(16(20-3)10(9)2)15(19)11-5-4-6-13(17)14(11)18/h4-8,15H,19H2,1-3H3. The molecule has 0 heterocycles. The Morgan fingerprint density at radius 3 is 2.40 bits per heavy atom. The molecule has 0 aliphatic rings. The average molecular weight is 310 g/mol. The summed E-state index contributed by atoms with van der Waals surface area (Å²) < 4.78 is 5.51. The van der Waals surface area contributed by atoms with Crippen LogP contribution in [0.2, 0.25) is 10.0 Å². The van der Waals surface area contributed by atoms with Crippen molar-refractivity contribution >= 4 is 23.2 Å². The lowest BCUT2D eigenvalue weighted by Crippen LogP contribution is -2.14. The number of halogens is 2. The Balaban J connectivity index is 2.56. The van der Waals surface area contributed by atoms with Gasteiger partial charge in [0.2, 0.25) is 0 Å². The second-order valence-corrected chi connectivity index (χ2v) is 5.54. The lowest BCUT2D eigenvalue weighted by molar-refractivity contribution is 0.404. The van der Waals surface area contributed by atoms with Gasteiger partial charge in [-0.1, -0.05) is 47.5 Å². The van der Waals surface area contributed by atoms with E-state index >= 15 is 0 Å². The predicted octanol–water partition coefficient (Wildman–Crippen LogP) is 4.67. The van der Waals surface area contributed by atoms with Crippen LogP contribution in [0.15, 0.2) is 30.3 Å². The van der Waals surface area contributed by atoms with E-state index in [4.69, 9.17) is 33.7 Å². The molecule has 0 amide bonds. The predicted molar refractivity (Wildman–Crippen MR) is 85.0 cm³/mol. The Bertz CT molecular complexity index is 641. The largest absolute Gasteiger partial charge is 0.496 e. The van der Waals surface area contributed by atoms with E-state index in [1.54, 1.807) is 13.2 Å². The first kappa shape index (κ1) is 15.2. The van der Waals surface area contributed by atoms with Crippen LogP contribution in [0.4, 0.5) is 0 Å². The Labute approximate surface area is 129 Å². The lowest BCUT2D eigenvalue weighted by atomic mass is 9.95. The fourth-order valence-corrected chi connectivity index (χ4v) is 2.68. The fraction of sp³-hybridized carbons (Fsp3) is 0.250. The molecule has 1 atom stereocenters. The molecule has 2 N–H and O–H groups in total. The molecule has 2 nitrogen and oxygen atoms in total. The molecular weight excluding hydrogens is 293 g/mol. The molecule has 0 aromatic heterocycles. The van der Waals surface area contributed by atoms with Gasteiger partial charge in [0.15, 0.2) is 0 Å². The summed E-state index contributed by atoms with van der Waals surface area (Å²) in [4.78, 5) is 0. The zero-order valence-electron chi connectivity index (χ0n) is 11.7.